The molecule has 0 atom stereocenters. The van der Waals surface area contributed by atoms with Crippen LogP contribution in [0.15, 0.2) is 133 Å². The summed E-state index contributed by atoms with van der Waals surface area (Å²) in [5.74, 6) is 0.985. The molecule has 1 aliphatic rings. The number of imidazole rings is 2. The topological polar surface area (TPSA) is 35.1 Å². The van der Waals surface area contributed by atoms with Crippen molar-refractivity contribution >= 4 is 55.1 Å². The van der Waals surface area contributed by atoms with E-state index >= 15 is 0 Å². The SMILES string of the molecule is C1=CCCC(n2c(-c3ccc(-c4ccc5c(c4)nc4c6ccccc6c6ccccc6n54)cc3)nc3ccccc32)=C1. The van der Waals surface area contributed by atoms with E-state index in [4.69, 9.17) is 9.97 Å². The van der Waals surface area contributed by atoms with E-state index in [-0.39, 0.29) is 0 Å². The number of hydrogen-bond acceptors (Lipinski definition) is 2. The highest BCUT2D eigenvalue weighted by atomic mass is 15.1. The van der Waals surface area contributed by atoms with Crippen LogP contribution in [0.5, 0.6) is 0 Å². The molecule has 9 rings (SSSR count). The number of rotatable bonds is 3. The molecule has 0 N–H and O–H groups in total. The maximum Gasteiger partial charge on any atom is 0.146 e. The molecule has 8 aromatic rings. The molecule has 0 unspecified atom stereocenters. The van der Waals surface area contributed by atoms with Gasteiger partial charge in [-0.2, -0.15) is 0 Å². The molecule has 0 bridgehead atoms. The van der Waals surface area contributed by atoms with Crippen LogP contribution in [0.3, 0.4) is 0 Å². The monoisotopic (exact) mass is 538 g/mol. The smallest absolute Gasteiger partial charge is 0.146 e. The number of aromatic nitrogens is 4. The van der Waals surface area contributed by atoms with Gasteiger partial charge in [-0.15, -0.1) is 0 Å². The molecule has 42 heavy (non-hydrogen) atoms. The van der Waals surface area contributed by atoms with E-state index in [1.807, 2.05) is 0 Å². The molecule has 0 aliphatic heterocycles. The standard InChI is InChI=1S/C38H26N4/c1-2-10-28(11-3-1)41-35-17-9-7-15-32(35)39-37(41)26-20-18-25(19-21-26)27-22-23-36-33(24-27)40-38-31-14-5-4-12-29(31)30-13-6-8-16-34(30)42(36)38/h1-2,4-10,12-24H,3,11H2. The van der Waals surface area contributed by atoms with E-state index in [1.54, 1.807) is 0 Å². The Morgan fingerprint density at radius 3 is 2.10 bits per heavy atom. The van der Waals surface area contributed by atoms with E-state index in [2.05, 4.69) is 142 Å². The number of para-hydroxylation sites is 3. The first-order valence-corrected chi connectivity index (χ1v) is 14.5. The van der Waals surface area contributed by atoms with Gasteiger partial charge in [0.05, 0.1) is 27.6 Å². The van der Waals surface area contributed by atoms with E-state index in [0.29, 0.717) is 0 Å². The van der Waals surface area contributed by atoms with Crippen LogP contribution in [0.1, 0.15) is 12.8 Å². The highest BCUT2D eigenvalue weighted by Gasteiger charge is 2.17. The molecule has 0 fully saturated rings. The van der Waals surface area contributed by atoms with Crippen molar-refractivity contribution in [2.45, 2.75) is 12.8 Å². The maximum atomic E-state index is 5.17. The Labute approximate surface area is 242 Å². The Balaban J connectivity index is 1.17. The fourth-order valence-corrected chi connectivity index (χ4v) is 6.59. The van der Waals surface area contributed by atoms with Crippen LogP contribution in [-0.2, 0) is 0 Å². The Bertz CT molecular complexity index is 2400. The lowest BCUT2D eigenvalue weighted by atomic mass is 10.0. The van der Waals surface area contributed by atoms with Gasteiger partial charge >= 0.3 is 0 Å². The molecular weight excluding hydrogens is 512 g/mol. The van der Waals surface area contributed by atoms with Crippen LogP contribution in [0.2, 0.25) is 0 Å². The second-order valence-corrected chi connectivity index (χ2v) is 11.0. The fourth-order valence-electron chi connectivity index (χ4n) is 6.59. The first-order chi connectivity index (χ1) is 20.8. The van der Waals surface area contributed by atoms with Gasteiger partial charge in [-0.1, -0.05) is 97.1 Å². The van der Waals surface area contributed by atoms with Gasteiger partial charge in [-0.05, 0) is 65.8 Å². The minimum absolute atomic E-state index is 0.985. The minimum Gasteiger partial charge on any atom is -0.296 e. The van der Waals surface area contributed by atoms with Crippen molar-refractivity contribution in [3.8, 4) is 22.5 Å². The highest BCUT2D eigenvalue weighted by molar-refractivity contribution is 6.13. The number of fused-ring (bicyclic) bond motifs is 9. The molecule has 0 saturated heterocycles. The molecule has 5 aromatic carbocycles. The lowest BCUT2D eigenvalue weighted by Crippen LogP contribution is -2.01. The largest absolute Gasteiger partial charge is 0.296 e. The molecule has 1 aliphatic carbocycles. The first kappa shape index (κ1) is 23.2. The predicted molar refractivity (Wildman–Crippen MR) is 175 cm³/mol. The Kier molecular flexibility index (Phi) is 4.99. The summed E-state index contributed by atoms with van der Waals surface area (Å²) in [6.45, 7) is 0. The van der Waals surface area contributed by atoms with Crippen LogP contribution < -0.4 is 0 Å². The Hall–Kier alpha value is -5.48. The molecule has 4 nitrogen and oxygen atoms in total. The molecule has 0 radical (unpaired) electrons. The fraction of sp³-hybridized carbons (Fsp3) is 0.0526. The molecular formula is C38H26N4. The van der Waals surface area contributed by atoms with Gasteiger partial charge in [0.15, 0.2) is 0 Å². The van der Waals surface area contributed by atoms with Crippen molar-refractivity contribution in [3.63, 3.8) is 0 Å². The Morgan fingerprint density at radius 2 is 1.26 bits per heavy atom. The van der Waals surface area contributed by atoms with Crippen molar-refractivity contribution in [2.24, 2.45) is 0 Å². The molecule has 3 aromatic heterocycles. The average molecular weight is 539 g/mol. The number of nitrogens with zero attached hydrogens (tertiary/aromatic N) is 4. The summed E-state index contributed by atoms with van der Waals surface area (Å²) in [6.07, 6.45) is 8.65. The van der Waals surface area contributed by atoms with Crippen LogP contribution in [0.25, 0.3) is 77.6 Å². The zero-order chi connectivity index (χ0) is 27.6. The van der Waals surface area contributed by atoms with Gasteiger partial charge in [-0.3, -0.25) is 8.97 Å². The number of pyridine rings is 1. The molecule has 0 saturated carbocycles. The zero-order valence-electron chi connectivity index (χ0n) is 22.9. The normalized spacial score (nSPS) is 13.6. The number of allylic oxidation sites excluding steroid dienone is 4. The number of benzene rings is 5. The van der Waals surface area contributed by atoms with Gasteiger partial charge < -0.3 is 0 Å². The van der Waals surface area contributed by atoms with Crippen molar-refractivity contribution in [1.29, 1.82) is 0 Å². The van der Waals surface area contributed by atoms with Crippen LogP contribution in [0, 0.1) is 0 Å². The third kappa shape index (κ3) is 3.42. The Morgan fingerprint density at radius 1 is 0.548 bits per heavy atom. The molecule has 0 amide bonds. The van der Waals surface area contributed by atoms with Gasteiger partial charge in [0.25, 0.3) is 0 Å². The summed E-state index contributed by atoms with van der Waals surface area (Å²) in [5.41, 5.74) is 11.2. The van der Waals surface area contributed by atoms with Crippen molar-refractivity contribution in [1.82, 2.24) is 18.9 Å². The van der Waals surface area contributed by atoms with Crippen LogP contribution in [-0.4, -0.2) is 18.9 Å². The number of hydrogen-bond donors (Lipinski definition) is 0. The summed E-state index contributed by atoms with van der Waals surface area (Å²) in [7, 11) is 0. The van der Waals surface area contributed by atoms with Gasteiger partial charge in [-0.25, -0.2) is 9.97 Å². The van der Waals surface area contributed by atoms with E-state index in [0.717, 1.165) is 63.1 Å². The quantitative estimate of drug-likeness (QED) is 0.210. The highest BCUT2D eigenvalue weighted by Crippen LogP contribution is 2.35. The summed E-state index contributed by atoms with van der Waals surface area (Å²) >= 11 is 0. The third-order valence-electron chi connectivity index (χ3n) is 8.57. The minimum atomic E-state index is 0.985. The van der Waals surface area contributed by atoms with Gasteiger partial charge in [0.2, 0.25) is 0 Å². The summed E-state index contributed by atoms with van der Waals surface area (Å²) in [6, 6.07) is 41.0. The van der Waals surface area contributed by atoms with Crippen molar-refractivity contribution in [2.75, 3.05) is 0 Å². The zero-order valence-corrected chi connectivity index (χ0v) is 22.9. The summed E-state index contributed by atoms with van der Waals surface area (Å²) < 4.78 is 4.63. The van der Waals surface area contributed by atoms with Gasteiger partial charge in [0, 0.05) is 22.0 Å². The van der Waals surface area contributed by atoms with Gasteiger partial charge in [0.1, 0.15) is 11.5 Å². The van der Waals surface area contributed by atoms with E-state index in [1.165, 1.54) is 27.4 Å². The molecule has 3 heterocycles. The van der Waals surface area contributed by atoms with Crippen molar-refractivity contribution in [3.05, 3.63) is 133 Å². The predicted octanol–water partition coefficient (Wildman–Crippen LogP) is 9.67. The van der Waals surface area contributed by atoms with E-state index in [9.17, 15) is 0 Å². The maximum absolute atomic E-state index is 5.17. The molecule has 198 valence electrons. The second-order valence-electron chi connectivity index (χ2n) is 11.0. The van der Waals surface area contributed by atoms with Crippen LogP contribution >= 0.6 is 0 Å². The lowest BCUT2D eigenvalue weighted by molar-refractivity contribution is 0.960. The second kappa shape index (κ2) is 9.02. The molecule has 4 heteroatoms. The third-order valence-corrected chi connectivity index (χ3v) is 8.57. The average Bonchev–Trinajstić information content (AvgIpc) is 3.65. The first-order valence-electron chi connectivity index (χ1n) is 14.5. The van der Waals surface area contributed by atoms with Crippen molar-refractivity contribution < 1.29 is 0 Å². The summed E-state index contributed by atoms with van der Waals surface area (Å²) in [4.78, 5) is 10.2. The summed E-state index contributed by atoms with van der Waals surface area (Å²) in [5, 5.41) is 3.65. The lowest BCUT2D eigenvalue weighted by Gasteiger charge is -2.15. The van der Waals surface area contributed by atoms with Crippen LogP contribution in [0.4, 0.5) is 0 Å². The molecule has 0 spiro atoms. The van der Waals surface area contributed by atoms with E-state index < -0.39 is 0 Å².